The van der Waals surface area contributed by atoms with Crippen molar-refractivity contribution in [2.45, 2.75) is 51.7 Å². The minimum Gasteiger partial charge on any atom is -0.490 e. The zero-order chi connectivity index (χ0) is 18.8. The summed E-state index contributed by atoms with van der Waals surface area (Å²) in [7, 11) is 0. The van der Waals surface area contributed by atoms with E-state index in [1.54, 1.807) is 0 Å². The van der Waals surface area contributed by atoms with Gasteiger partial charge in [0.25, 0.3) is 0 Å². The topological polar surface area (TPSA) is 49.8 Å². The molecule has 2 aromatic rings. The highest BCUT2D eigenvalue weighted by atomic mass is 16.5. The Hall–Kier alpha value is -2.07. The zero-order valence-electron chi connectivity index (χ0n) is 16.1. The number of carbonyl (C=O) groups is 1. The fourth-order valence-corrected chi connectivity index (χ4v) is 4.46. The van der Waals surface area contributed by atoms with Gasteiger partial charge in [-0.2, -0.15) is 0 Å². The first kappa shape index (κ1) is 18.3. The van der Waals surface area contributed by atoms with Crippen LogP contribution in [-0.2, 0) is 11.3 Å². The Bertz CT molecular complexity index is 804. The summed E-state index contributed by atoms with van der Waals surface area (Å²) in [5, 5.41) is 11.4. The van der Waals surface area contributed by atoms with E-state index in [2.05, 4.69) is 48.2 Å². The Morgan fingerprint density at radius 3 is 2.63 bits per heavy atom. The van der Waals surface area contributed by atoms with E-state index in [0.717, 1.165) is 31.1 Å². The average Bonchev–Trinajstić information content (AvgIpc) is 2.64. The smallest absolute Gasteiger partial charge is 0.309 e. The number of aliphatic carboxylic acids is 1. The number of ether oxygens (including phenoxy) is 1. The molecule has 0 bridgehead atoms. The van der Waals surface area contributed by atoms with Crippen LogP contribution in [0.4, 0.5) is 0 Å². The van der Waals surface area contributed by atoms with E-state index >= 15 is 0 Å². The van der Waals surface area contributed by atoms with Crippen molar-refractivity contribution in [3.63, 3.8) is 0 Å². The number of likely N-dealkylation sites (tertiary alicyclic amines) is 1. The van der Waals surface area contributed by atoms with Crippen molar-refractivity contribution in [1.82, 2.24) is 4.90 Å². The van der Waals surface area contributed by atoms with Crippen LogP contribution >= 0.6 is 0 Å². The zero-order valence-corrected chi connectivity index (χ0v) is 16.1. The Kier molecular flexibility index (Phi) is 5.35. The number of hydrogen-bond donors (Lipinski definition) is 1. The highest BCUT2D eigenvalue weighted by Gasteiger charge is 2.32. The Labute approximate surface area is 161 Å². The normalized spacial score (nSPS) is 23.9. The maximum Gasteiger partial charge on any atom is 0.309 e. The molecule has 0 atom stereocenters. The summed E-state index contributed by atoms with van der Waals surface area (Å²) in [4.78, 5) is 13.1. The summed E-state index contributed by atoms with van der Waals surface area (Å²) in [6.45, 7) is 4.40. The lowest BCUT2D eigenvalue weighted by Gasteiger charge is -2.36. The molecular weight excluding hydrogens is 338 g/mol. The quantitative estimate of drug-likeness (QED) is 0.804. The van der Waals surface area contributed by atoms with E-state index in [9.17, 15) is 4.79 Å². The second-order valence-corrected chi connectivity index (χ2v) is 8.21. The number of benzene rings is 2. The van der Waals surface area contributed by atoms with E-state index < -0.39 is 5.97 Å². The number of carboxylic acid groups (broad SMARTS) is 1. The van der Waals surface area contributed by atoms with Gasteiger partial charge >= 0.3 is 5.97 Å². The van der Waals surface area contributed by atoms with Gasteiger partial charge in [-0.05, 0) is 54.7 Å². The fraction of sp³-hybridized carbons (Fsp3) is 0.522. The predicted octanol–water partition coefficient (Wildman–Crippen LogP) is 4.70. The molecule has 2 aliphatic rings. The highest BCUT2D eigenvalue weighted by molar-refractivity contribution is 5.88. The molecule has 2 fully saturated rings. The third-order valence-corrected chi connectivity index (χ3v) is 6.28. The Morgan fingerprint density at radius 2 is 1.93 bits per heavy atom. The lowest BCUT2D eigenvalue weighted by atomic mass is 9.86. The standard InChI is InChI=1S/C23H29NO3/c1-2-16-6-9-20(10-7-16)27-22-5-3-4-18-12-17(8-11-21(18)22)13-24-14-19(15-24)23(25)26/h3-5,8,11-12,16,19-20H,2,6-7,9-10,13-15H2,1H3,(H,25,26)/t16-,20-. The van der Waals surface area contributed by atoms with Crippen molar-refractivity contribution in [3.05, 3.63) is 42.0 Å². The van der Waals surface area contributed by atoms with Crippen LogP contribution < -0.4 is 4.74 Å². The molecule has 27 heavy (non-hydrogen) atoms. The Balaban J connectivity index is 1.42. The maximum absolute atomic E-state index is 10.9. The summed E-state index contributed by atoms with van der Waals surface area (Å²) in [5.74, 6) is 0.990. The first-order valence-electron chi connectivity index (χ1n) is 10.3. The lowest BCUT2D eigenvalue weighted by molar-refractivity contribution is -0.147. The number of fused-ring (bicyclic) bond motifs is 1. The molecule has 1 heterocycles. The van der Waals surface area contributed by atoms with Crippen LogP contribution in [0.3, 0.4) is 0 Å². The van der Waals surface area contributed by atoms with Crippen LogP contribution in [0.1, 0.15) is 44.6 Å². The van der Waals surface area contributed by atoms with Crippen LogP contribution in [0.2, 0.25) is 0 Å². The molecule has 4 nitrogen and oxygen atoms in total. The molecule has 2 aromatic carbocycles. The summed E-state index contributed by atoms with van der Waals surface area (Å²) in [6.07, 6.45) is 6.51. The van der Waals surface area contributed by atoms with Gasteiger partial charge in [-0.25, -0.2) is 0 Å². The van der Waals surface area contributed by atoms with Gasteiger partial charge in [0.2, 0.25) is 0 Å². The van der Waals surface area contributed by atoms with Gasteiger partial charge in [0.05, 0.1) is 12.0 Å². The van der Waals surface area contributed by atoms with Gasteiger partial charge < -0.3 is 9.84 Å². The van der Waals surface area contributed by atoms with Gasteiger partial charge in [-0.15, -0.1) is 0 Å². The summed E-state index contributed by atoms with van der Waals surface area (Å²) < 4.78 is 6.38. The second-order valence-electron chi connectivity index (χ2n) is 8.21. The minimum absolute atomic E-state index is 0.201. The molecule has 1 saturated carbocycles. The molecule has 1 aliphatic carbocycles. The van der Waals surface area contributed by atoms with Gasteiger partial charge in [0.1, 0.15) is 5.75 Å². The minimum atomic E-state index is -0.681. The van der Waals surface area contributed by atoms with Crippen LogP contribution in [0.15, 0.2) is 36.4 Å². The SMILES string of the molecule is CC[C@H]1CC[C@H](Oc2cccc3cc(CN4CC(C(=O)O)C4)ccc23)CC1. The molecule has 1 saturated heterocycles. The lowest BCUT2D eigenvalue weighted by Crippen LogP contribution is -2.49. The predicted molar refractivity (Wildman–Crippen MR) is 107 cm³/mol. The highest BCUT2D eigenvalue weighted by Crippen LogP contribution is 2.33. The first-order chi connectivity index (χ1) is 13.1. The van der Waals surface area contributed by atoms with E-state index in [1.807, 2.05) is 0 Å². The molecule has 144 valence electrons. The van der Waals surface area contributed by atoms with Gasteiger partial charge in [0, 0.05) is 25.0 Å². The molecule has 0 aromatic heterocycles. The molecule has 0 unspecified atom stereocenters. The van der Waals surface area contributed by atoms with Crippen LogP contribution in [-0.4, -0.2) is 35.2 Å². The molecule has 0 amide bonds. The van der Waals surface area contributed by atoms with Crippen LogP contribution in [0.25, 0.3) is 10.8 Å². The van der Waals surface area contributed by atoms with Gasteiger partial charge in [0.15, 0.2) is 0 Å². The number of carboxylic acids is 1. The number of rotatable bonds is 6. The maximum atomic E-state index is 10.9. The van der Waals surface area contributed by atoms with Crippen molar-refractivity contribution in [2.75, 3.05) is 13.1 Å². The third-order valence-electron chi connectivity index (χ3n) is 6.28. The summed E-state index contributed by atoms with van der Waals surface area (Å²) >= 11 is 0. The van der Waals surface area contributed by atoms with Crippen LogP contribution in [0.5, 0.6) is 5.75 Å². The fourth-order valence-electron chi connectivity index (χ4n) is 4.46. The number of nitrogens with zero attached hydrogens (tertiary/aromatic N) is 1. The van der Waals surface area contributed by atoms with Crippen LogP contribution in [0, 0.1) is 11.8 Å². The van der Waals surface area contributed by atoms with E-state index in [0.29, 0.717) is 19.2 Å². The molecule has 0 radical (unpaired) electrons. The first-order valence-corrected chi connectivity index (χ1v) is 10.3. The molecule has 4 rings (SSSR count). The number of hydrogen-bond acceptors (Lipinski definition) is 3. The van der Waals surface area contributed by atoms with Crippen molar-refractivity contribution in [3.8, 4) is 5.75 Å². The van der Waals surface area contributed by atoms with E-state index in [1.165, 1.54) is 35.6 Å². The monoisotopic (exact) mass is 367 g/mol. The second kappa shape index (κ2) is 7.89. The summed E-state index contributed by atoms with van der Waals surface area (Å²) in [5.41, 5.74) is 1.23. The van der Waals surface area contributed by atoms with E-state index in [-0.39, 0.29) is 5.92 Å². The third kappa shape index (κ3) is 4.11. The Morgan fingerprint density at radius 1 is 1.15 bits per heavy atom. The van der Waals surface area contributed by atoms with Crippen molar-refractivity contribution >= 4 is 16.7 Å². The molecular formula is C23H29NO3. The molecule has 1 N–H and O–H groups in total. The van der Waals surface area contributed by atoms with E-state index in [4.69, 9.17) is 9.84 Å². The molecule has 0 spiro atoms. The summed E-state index contributed by atoms with van der Waals surface area (Å²) in [6, 6.07) is 12.8. The van der Waals surface area contributed by atoms with Crippen molar-refractivity contribution in [2.24, 2.45) is 11.8 Å². The van der Waals surface area contributed by atoms with Gasteiger partial charge in [-0.3, -0.25) is 9.69 Å². The average molecular weight is 367 g/mol. The van der Waals surface area contributed by atoms with Gasteiger partial charge in [-0.1, -0.05) is 37.6 Å². The largest absolute Gasteiger partial charge is 0.490 e. The molecule has 1 aliphatic heterocycles. The molecule has 4 heteroatoms. The van der Waals surface area contributed by atoms with Crippen molar-refractivity contribution < 1.29 is 14.6 Å². The van der Waals surface area contributed by atoms with Crippen molar-refractivity contribution in [1.29, 1.82) is 0 Å².